The Balaban J connectivity index is 1.65. The number of pyridine rings is 1. The summed E-state index contributed by atoms with van der Waals surface area (Å²) in [5.41, 5.74) is 5.11. The van der Waals surface area contributed by atoms with Gasteiger partial charge in [-0.05, 0) is 48.2 Å². The van der Waals surface area contributed by atoms with Crippen LogP contribution in [0.1, 0.15) is 60.0 Å². The summed E-state index contributed by atoms with van der Waals surface area (Å²) in [6.07, 6.45) is 3.24. The molecule has 1 N–H and O–H groups in total. The molecule has 5 heteroatoms. The number of hydrogen-bond acceptors (Lipinski definition) is 3. The number of carbonyl (C=O) groups excluding carboxylic acids is 1. The number of para-hydroxylation sites is 2. The van der Waals surface area contributed by atoms with Crippen LogP contribution in [0.3, 0.4) is 0 Å². The van der Waals surface area contributed by atoms with E-state index in [2.05, 4.69) is 59.0 Å². The molecule has 0 bridgehead atoms. The number of carbonyl (C=O) groups is 1. The van der Waals surface area contributed by atoms with E-state index < -0.39 is 0 Å². The highest BCUT2D eigenvalue weighted by Crippen LogP contribution is 2.23. The molecule has 0 saturated heterocycles. The van der Waals surface area contributed by atoms with Crippen LogP contribution in [-0.2, 0) is 6.54 Å². The van der Waals surface area contributed by atoms with Crippen molar-refractivity contribution >= 4 is 16.9 Å². The van der Waals surface area contributed by atoms with Gasteiger partial charge in [-0.2, -0.15) is 0 Å². The van der Waals surface area contributed by atoms with Gasteiger partial charge in [0.1, 0.15) is 5.82 Å². The molecule has 0 aliphatic carbocycles. The van der Waals surface area contributed by atoms with Crippen LogP contribution in [0.5, 0.6) is 0 Å². The van der Waals surface area contributed by atoms with Crippen LogP contribution in [0.2, 0.25) is 0 Å². The standard InChI is InChI=1S/C25H26N4O/c1-17(2)20-10-8-19(9-11-20)16-29-23-7-5-4-6-22(23)28-24(29)18(3)27-25(30)21-12-14-26-15-13-21/h4-15,17-18H,16H2,1-3H3,(H,27,30). The van der Waals surface area contributed by atoms with Crippen molar-refractivity contribution in [2.24, 2.45) is 0 Å². The quantitative estimate of drug-likeness (QED) is 0.492. The lowest BCUT2D eigenvalue weighted by molar-refractivity contribution is 0.0937. The van der Waals surface area contributed by atoms with Gasteiger partial charge in [0, 0.05) is 24.5 Å². The van der Waals surface area contributed by atoms with Gasteiger partial charge < -0.3 is 9.88 Å². The van der Waals surface area contributed by atoms with Crippen LogP contribution < -0.4 is 5.32 Å². The highest BCUT2D eigenvalue weighted by molar-refractivity contribution is 5.94. The van der Waals surface area contributed by atoms with Crippen molar-refractivity contribution in [3.05, 3.63) is 95.6 Å². The van der Waals surface area contributed by atoms with Crippen molar-refractivity contribution in [1.29, 1.82) is 0 Å². The number of nitrogens with zero attached hydrogens (tertiary/aromatic N) is 3. The van der Waals surface area contributed by atoms with Crippen molar-refractivity contribution < 1.29 is 4.79 Å². The SMILES string of the molecule is CC(C)c1ccc(Cn2c(C(C)NC(=O)c3ccncc3)nc3ccccc32)cc1. The Morgan fingerprint density at radius 3 is 2.37 bits per heavy atom. The minimum absolute atomic E-state index is 0.134. The molecule has 5 nitrogen and oxygen atoms in total. The molecule has 0 saturated carbocycles. The van der Waals surface area contributed by atoms with E-state index in [1.807, 2.05) is 25.1 Å². The zero-order valence-corrected chi connectivity index (χ0v) is 17.5. The summed E-state index contributed by atoms with van der Waals surface area (Å²) in [5.74, 6) is 1.21. The van der Waals surface area contributed by atoms with Crippen molar-refractivity contribution in [1.82, 2.24) is 19.9 Å². The number of aromatic nitrogens is 3. The molecule has 1 unspecified atom stereocenters. The topological polar surface area (TPSA) is 59.8 Å². The van der Waals surface area contributed by atoms with Gasteiger partial charge in [-0.3, -0.25) is 9.78 Å². The lowest BCUT2D eigenvalue weighted by Crippen LogP contribution is -2.28. The summed E-state index contributed by atoms with van der Waals surface area (Å²) in [4.78, 5) is 21.5. The summed E-state index contributed by atoms with van der Waals surface area (Å²) in [7, 11) is 0. The van der Waals surface area contributed by atoms with Gasteiger partial charge in [0.05, 0.1) is 17.1 Å². The summed E-state index contributed by atoms with van der Waals surface area (Å²) >= 11 is 0. The normalized spacial score (nSPS) is 12.3. The minimum atomic E-state index is -0.243. The van der Waals surface area contributed by atoms with Crippen LogP contribution in [0, 0.1) is 0 Å². The molecule has 4 rings (SSSR count). The van der Waals surface area contributed by atoms with Crippen molar-refractivity contribution in [2.75, 3.05) is 0 Å². The third-order valence-electron chi connectivity index (χ3n) is 5.35. The number of fused-ring (bicyclic) bond motifs is 1. The Morgan fingerprint density at radius 2 is 1.67 bits per heavy atom. The van der Waals surface area contributed by atoms with Crippen LogP contribution in [0.25, 0.3) is 11.0 Å². The molecule has 30 heavy (non-hydrogen) atoms. The van der Waals surface area contributed by atoms with Crippen LogP contribution in [0.4, 0.5) is 0 Å². The lowest BCUT2D eigenvalue weighted by Gasteiger charge is -2.17. The number of amides is 1. The van der Waals surface area contributed by atoms with Crippen LogP contribution >= 0.6 is 0 Å². The molecule has 2 heterocycles. The Kier molecular flexibility index (Phi) is 5.61. The van der Waals surface area contributed by atoms with E-state index in [0.717, 1.165) is 16.9 Å². The molecule has 0 radical (unpaired) electrons. The number of nitrogens with one attached hydrogen (secondary N) is 1. The second kappa shape index (κ2) is 8.49. The first-order valence-corrected chi connectivity index (χ1v) is 10.3. The van der Waals surface area contributed by atoms with Gasteiger partial charge in [-0.15, -0.1) is 0 Å². The van der Waals surface area contributed by atoms with Crippen molar-refractivity contribution in [3.8, 4) is 0 Å². The highest BCUT2D eigenvalue weighted by Gasteiger charge is 2.19. The lowest BCUT2D eigenvalue weighted by atomic mass is 10.0. The number of benzene rings is 2. The van der Waals surface area contributed by atoms with Gasteiger partial charge in [0.2, 0.25) is 0 Å². The van der Waals surface area contributed by atoms with E-state index in [1.54, 1.807) is 24.5 Å². The third-order valence-corrected chi connectivity index (χ3v) is 5.35. The molecule has 152 valence electrons. The smallest absolute Gasteiger partial charge is 0.251 e. The maximum Gasteiger partial charge on any atom is 0.251 e. The van der Waals surface area contributed by atoms with E-state index in [-0.39, 0.29) is 11.9 Å². The zero-order chi connectivity index (χ0) is 21.1. The Hall–Kier alpha value is -3.47. The van der Waals surface area contributed by atoms with Crippen LogP contribution in [-0.4, -0.2) is 20.4 Å². The predicted molar refractivity (Wildman–Crippen MR) is 119 cm³/mol. The van der Waals surface area contributed by atoms with Gasteiger partial charge in [-0.25, -0.2) is 4.98 Å². The molecule has 4 aromatic rings. The molecule has 1 atom stereocenters. The Bertz CT molecular complexity index is 1150. The number of hydrogen-bond donors (Lipinski definition) is 1. The second-order valence-electron chi connectivity index (χ2n) is 7.87. The van der Waals surface area contributed by atoms with Crippen LogP contribution in [0.15, 0.2) is 73.1 Å². The molecule has 0 aliphatic rings. The summed E-state index contributed by atoms with van der Waals surface area (Å²) in [6, 6.07) is 20.0. The first kappa shape index (κ1) is 19.8. The zero-order valence-electron chi connectivity index (χ0n) is 17.5. The molecular formula is C25H26N4O. The average molecular weight is 399 g/mol. The molecule has 2 aromatic heterocycles. The molecular weight excluding hydrogens is 372 g/mol. The fraction of sp³-hybridized carbons (Fsp3) is 0.240. The maximum atomic E-state index is 12.6. The molecule has 0 fully saturated rings. The maximum absolute atomic E-state index is 12.6. The summed E-state index contributed by atoms with van der Waals surface area (Å²) in [5, 5.41) is 3.07. The molecule has 2 aromatic carbocycles. The number of rotatable bonds is 6. The Labute approximate surface area is 176 Å². The average Bonchev–Trinajstić information content (AvgIpc) is 3.13. The van der Waals surface area contributed by atoms with Gasteiger partial charge in [-0.1, -0.05) is 50.2 Å². The van der Waals surface area contributed by atoms with E-state index in [4.69, 9.17) is 4.98 Å². The first-order chi connectivity index (χ1) is 14.5. The fourth-order valence-electron chi connectivity index (χ4n) is 3.63. The van der Waals surface area contributed by atoms with E-state index in [0.29, 0.717) is 18.0 Å². The molecule has 0 aliphatic heterocycles. The fourth-order valence-corrected chi connectivity index (χ4v) is 3.63. The highest BCUT2D eigenvalue weighted by atomic mass is 16.1. The van der Waals surface area contributed by atoms with Crippen molar-refractivity contribution in [2.45, 2.75) is 39.3 Å². The van der Waals surface area contributed by atoms with E-state index in [9.17, 15) is 4.79 Å². The largest absolute Gasteiger partial charge is 0.342 e. The van der Waals surface area contributed by atoms with Crippen molar-refractivity contribution in [3.63, 3.8) is 0 Å². The molecule has 0 spiro atoms. The first-order valence-electron chi connectivity index (χ1n) is 10.3. The monoisotopic (exact) mass is 398 g/mol. The summed E-state index contributed by atoms with van der Waals surface area (Å²) < 4.78 is 2.19. The van der Waals surface area contributed by atoms with E-state index in [1.165, 1.54) is 11.1 Å². The van der Waals surface area contributed by atoms with Gasteiger partial charge in [0.25, 0.3) is 5.91 Å². The predicted octanol–water partition coefficient (Wildman–Crippen LogP) is 5.09. The Morgan fingerprint density at radius 1 is 0.967 bits per heavy atom. The minimum Gasteiger partial charge on any atom is -0.342 e. The number of imidazole rings is 1. The van der Waals surface area contributed by atoms with Gasteiger partial charge >= 0.3 is 0 Å². The second-order valence-corrected chi connectivity index (χ2v) is 7.87. The van der Waals surface area contributed by atoms with Gasteiger partial charge in [0.15, 0.2) is 0 Å². The third kappa shape index (κ3) is 4.10. The summed E-state index contributed by atoms with van der Waals surface area (Å²) in [6.45, 7) is 7.07. The van der Waals surface area contributed by atoms with E-state index >= 15 is 0 Å². The molecule has 1 amide bonds.